The number of hydrogen-bond donors (Lipinski definition) is 6. The van der Waals surface area contributed by atoms with Crippen molar-refractivity contribution < 1.29 is 49.3 Å². The van der Waals surface area contributed by atoms with Crippen molar-refractivity contribution in [3.8, 4) is 0 Å². The molecule has 7 unspecified atom stereocenters. The molecule has 550 valence electrons. The molecule has 1 saturated heterocycles. The number of aliphatic hydroxyl groups is 5. The smallest absolute Gasteiger partial charge is 0.305 e. The summed E-state index contributed by atoms with van der Waals surface area (Å²) in [6.07, 6.45) is 86.8. The SMILES string of the molecule is CCCCC/C=C\C/C=C\CCCCCCCC(=O)OCCCCCCCCCCCCCCCCC/C=C\C/C=C\CCCCCCCCCCCCCCCCCCCC(=O)NC(COC1OC(CO)C(O)C(O)C1O)C(O)/C=C/CCCCCCCCCCCC. The van der Waals surface area contributed by atoms with Gasteiger partial charge in [0.2, 0.25) is 5.91 Å². The normalized spacial score (nSPS) is 17.7. The Morgan fingerprint density at radius 1 is 0.394 bits per heavy atom. The van der Waals surface area contributed by atoms with Crippen molar-refractivity contribution >= 4 is 11.9 Å². The van der Waals surface area contributed by atoms with Crippen LogP contribution >= 0.6 is 0 Å². The van der Waals surface area contributed by atoms with Crippen molar-refractivity contribution in [2.24, 2.45) is 0 Å². The molecule has 0 aliphatic carbocycles. The van der Waals surface area contributed by atoms with Crippen LogP contribution in [0.4, 0.5) is 0 Å². The van der Waals surface area contributed by atoms with Gasteiger partial charge in [0.1, 0.15) is 24.4 Å². The summed E-state index contributed by atoms with van der Waals surface area (Å²) in [6, 6.07) is -0.808. The molecule has 0 bridgehead atoms. The highest BCUT2D eigenvalue weighted by Crippen LogP contribution is 2.24. The lowest BCUT2D eigenvalue weighted by Gasteiger charge is -2.40. The maximum absolute atomic E-state index is 13.1. The minimum absolute atomic E-state index is 0.000657. The summed E-state index contributed by atoms with van der Waals surface area (Å²) < 4.78 is 16.8. The number of hydrogen-bond acceptors (Lipinski definition) is 10. The van der Waals surface area contributed by atoms with E-state index in [0.29, 0.717) is 19.4 Å². The van der Waals surface area contributed by atoms with E-state index in [-0.39, 0.29) is 18.5 Å². The van der Waals surface area contributed by atoms with Crippen molar-refractivity contribution in [2.75, 3.05) is 19.8 Å². The Hall–Kier alpha value is -2.64. The first-order chi connectivity index (χ1) is 46.2. The van der Waals surface area contributed by atoms with Gasteiger partial charge in [-0.3, -0.25) is 9.59 Å². The molecule has 11 nitrogen and oxygen atoms in total. The molecule has 1 rings (SSSR count). The Morgan fingerprint density at radius 2 is 0.713 bits per heavy atom. The van der Waals surface area contributed by atoms with Gasteiger partial charge in [0.05, 0.1) is 32.0 Å². The first-order valence-corrected chi connectivity index (χ1v) is 40.6. The van der Waals surface area contributed by atoms with Crippen LogP contribution in [0.1, 0.15) is 393 Å². The molecule has 1 heterocycles. The average molecular weight is 1330 g/mol. The van der Waals surface area contributed by atoms with E-state index in [1.807, 2.05) is 6.08 Å². The zero-order valence-electron chi connectivity index (χ0n) is 61.4. The fourth-order valence-electron chi connectivity index (χ4n) is 12.7. The van der Waals surface area contributed by atoms with Crippen LogP contribution in [0.25, 0.3) is 0 Å². The third-order valence-electron chi connectivity index (χ3n) is 19.1. The second kappa shape index (κ2) is 71.6. The van der Waals surface area contributed by atoms with E-state index in [1.165, 1.54) is 295 Å². The summed E-state index contributed by atoms with van der Waals surface area (Å²) in [5, 5.41) is 54.5. The van der Waals surface area contributed by atoms with E-state index >= 15 is 0 Å². The molecule has 0 spiro atoms. The van der Waals surface area contributed by atoms with Crippen molar-refractivity contribution in [1.29, 1.82) is 0 Å². The van der Waals surface area contributed by atoms with Crippen LogP contribution in [-0.4, -0.2) is 100 Å². The topological polar surface area (TPSA) is 175 Å². The summed E-state index contributed by atoms with van der Waals surface area (Å²) in [4.78, 5) is 25.2. The minimum Gasteiger partial charge on any atom is -0.466 e. The summed E-state index contributed by atoms with van der Waals surface area (Å²) in [5.41, 5.74) is 0. The molecule has 1 aliphatic rings. The molecule has 94 heavy (non-hydrogen) atoms. The second-order valence-electron chi connectivity index (χ2n) is 28.1. The number of esters is 1. The van der Waals surface area contributed by atoms with Crippen LogP contribution in [0.2, 0.25) is 0 Å². The zero-order valence-corrected chi connectivity index (χ0v) is 61.4. The van der Waals surface area contributed by atoms with E-state index in [4.69, 9.17) is 14.2 Å². The van der Waals surface area contributed by atoms with E-state index in [0.717, 1.165) is 70.6 Å². The molecule has 1 aliphatic heterocycles. The lowest BCUT2D eigenvalue weighted by atomic mass is 9.99. The Kier molecular flexibility index (Phi) is 68.1. The monoisotopic (exact) mass is 1320 g/mol. The third-order valence-corrected chi connectivity index (χ3v) is 19.1. The van der Waals surface area contributed by atoms with Gasteiger partial charge >= 0.3 is 5.97 Å². The molecule has 0 aromatic heterocycles. The molecule has 1 fully saturated rings. The molecule has 0 saturated carbocycles. The third kappa shape index (κ3) is 59.4. The molecular formula is C83H153NO10. The number of carbonyl (C=O) groups is 2. The summed E-state index contributed by atoms with van der Waals surface area (Å²) >= 11 is 0. The van der Waals surface area contributed by atoms with Crippen LogP contribution in [-0.2, 0) is 23.8 Å². The molecule has 6 N–H and O–H groups in total. The molecular weight excluding hydrogens is 1170 g/mol. The van der Waals surface area contributed by atoms with Crippen LogP contribution in [0.15, 0.2) is 60.8 Å². The molecule has 7 atom stereocenters. The van der Waals surface area contributed by atoms with Gasteiger partial charge in [-0.25, -0.2) is 0 Å². The van der Waals surface area contributed by atoms with Crippen molar-refractivity contribution in [3.05, 3.63) is 60.8 Å². The van der Waals surface area contributed by atoms with Gasteiger partial charge in [0.25, 0.3) is 0 Å². The van der Waals surface area contributed by atoms with E-state index in [2.05, 4.69) is 67.8 Å². The summed E-state index contributed by atoms with van der Waals surface area (Å²) in [6.45, 7) is 4.35. The lowest BCUT2D eigenvalue weighted by molar-refractivity contribution is -0.302. The fourth-order valence-corrected chi connectivity index (χ4v) is 12.7. The molecule has 0 radical (unpaired) electrons. The van der Waals surface area contributed by atoms with Crippen molar-refractivity contribution in [2.45, 2.75) is 436 Å². The maximum Gasteiger partial charge on any atom is 0.305 e. The van der Waals surface area contributed by atoms with E-state index in [9.17, 15) is 35.1 Å². The fraction of sp³-hybridized carbons (Fsp3) is 0.855. The standard InChI is InChI=1S/C83H153NO10/c1-3-5-7-9-11-13-15-17-43-47-51-55-59-63-67-71-79(88)92-72-68-64-60-56-52-48-45-42-40-38-36-34-32-30-28-26-24-22-20-18-19-21-23-25-27-29-31-33-35-37-39-41-44-46-50-54-58-62-66-70-78(87)84-75(74-93-83-82(91)81(90)80(89)77(73-85)94-83)76(86)69-65-61-57-53-49-16-14-12-10-8-6-4-2/h11,13,17-19,22,24,43,65,69,75-77,80-83,85-86,89-91H,3-10,12,14-16,20-21,23,25-42,44-64,66-68,70-74H2,1-2H3,(H,84,87)/b13-11-,19-18-,24-22-,43-17-,69-65+. The number of unbranched alkanes of at least 4 members (excludes halogenated alkanes) is 50. The van der Waals surface area contributed by atoms with Gasteiger partial charge in [-0.1, -0.05) is 344 Å². The number of carbonyl (C=O) groups excluding carboxylic acids is 2. The Bertz CT molecular complexity index is 1750. The molecule has 0 aromatic carbocycles. The number of nitrogens with one attached hydrogen (secondary N) is 1. The van der Waals surface area contributed by atoms with Crippen LogP contribution in [0.3, 0.4) is 0 Å². The van der Waals surface area contributed by atoms with Gasteiger partial charge in [-0.2, -0.15) is 0 Å². The van der Waals surface area contributed by atoms with Gasteiger partial charge in [-0.15, -0.1) is 0 Å². The van der Waals surface area contributed by atoms with Gasteiger partial charge < -0.3 is 45.1 Å². The summed E-state index contributed by atoms with van der Waals surface area (Å²) in [7, 11) is 0. The predicted octanol–water partition coefficient (Wildman–Crippen LogP) is 22.0. The number of allylic oxidation sites excluding steroid dienone is 9. The Balaban J connectivity index is 1.89. The zero-order chi connectivity index (χ0) is 67.9. The lowest BCUT2D eigenvalue weighted by Crippen LogP contribution is -2.60. The van der Waals surface area contributed by atoms with Gasteiger partial charge in [0.15, 0.2) is 6.29 Å². The van der Waals surface area contributed by atoms with Gasteiger partial charge in [-0.05, 0) is 96.3 Å². The summed E-state index contributed by atoms with van der Waals surface area (Å²) in [5.74, 6) is -0.177. The number of ether oxygens (including phenoxy) is 3. The average Bonchev–Trinajstić information content (AvgIpc) is 0.856. The number of rotatable bonds is 72. The van der Waals surface area contributed by atoms with E-state index in [1.54, 1.807) is 6.08 Å². The van der Waals surface area contributed by atoms with Crippen molar-refractivity contribution in [1.82, 2.24) is 5.32 Å². The highest BCUT2D eigenvalue weighted by atomic mass is 16.7. The maximum atomic E-state index is 13.1. The minimum atomic E-state index is -1.57. The van der Waals surface area contributed by atoms with Crippen LogP contribution in [0, 0.1) is 0 Å². The highest BCUT2D eigenvalue weighted by molar-refractivity contribution is 5.76. The quantitative estimate of drug-likeness (QED) is 0.0195. The number of aliphatic hydroxyl groups excluding tert-OH is 5. The second-order valence-corrected chi connectivity index (χ2v) is 28.1. The predicted molar refractivity (Wildman–Crippen MR) is 398 cm³/mol. The first-order valence-electron chi connectivity index (χ1n) is 40.6. The first kappa shape index (κ1) is 89.4. The van der Waals surface area contributed by atoms with Gasteiger partial charge in [0, 0.05) is 12.8 Å². The highest BCUT2D eigenvalue weighted by Gasteiger charge is 2.44. The van der Waals surface area contributed by atoms with Crippen LogP contribution < -0.4 is 5.32 Å². The molecule has 11 heteroatoms. The largest absolute Gasteiger partial charge is 0.466 e. The van der Waals surface area contributed by atoms with E-state index < -0.39 is 49.5 Å². The van der Waals surface area contributed by atoms with Crippen molar-refractivity contribution in [3.63, 3.8) is 0 Å². The Morgan fingerprint density at radius 3 is 1.10 bits per heavy atom. The molecule has 0 aromatic rings. The Labute approximate surface area is 579 Å². The molecule has 1 amide bonds. The number of amides is 1. The van der Waals surface area contributed by atoms with Crippen LogP contribution in [0.5, 0.6) is 0 Å².